The molecule has 19 heavy (non-hydrogen) atoms. The molecule has 1 aromatic carbocycles. The number of hydrogen-bond donors (Lipinski definition) is 1. The number of aromatic nitrogens is 2. The van der Waals surface area contributed by atoms with Crippen LogP contribution in [-0.4, -0.2) is 31.0 Å². The fourth-order valence-corrected chi connectivity index (χ4v) is 1.75. The summed E-state index contributed by atoms with van der Waals surface area (Å²) < 4.78 is 12.3. The van der Waals surface area contributed by atoms with E-state index < -0.39 is 0 Å². The van der Waals surface area contributed by atoms with E-state index >= 15 is 0 Å². The van der Waals surface area contributed by atoms with Crippen molar-refractivity contribution in [1.82, 2.24) is 9.78 Å². The average Bonchev–Trinajstić information content (AvgIpc) is 2.86. The van der Waals surface area contributed by atoms with E-state index in [1.54, 1.807) is 14.2 Å². The third kappa shape index (κ3) is 3.54. The number of nitrogens with zero attached hydrogens (tertiary/aromatic N) is 2. The van der Waals surface area contributed by atoms with E-state index in [1.165, 1.54) is 0 Å². The van der Waals surface area contributed by atoms with Crippen LogP contribution in [-0.2, 0) is 6.54 Å². The van der Waals surface area contributed by atoms with E-state index in [9.17, 15) is 0 Å². The molecule has 0 fully saturated rings. The average molecular weight is 284 g/mol. The highest BCUT2D eigenvalue weighted by molar-refractivity contribution is 5.85. The molecule has 5 nitrogen and oxygen atoms in total. The van der Waals surface area contributed by atoms with Crippen molar-refractivity contribution in [1.29, 1.82) is 0 Å². The molecule has 0 bridgehead atoms. The summed E-state index contributed by atoms with van der Waals surface area (Å²) in [6.45, 7) is 0.696. The molecule has 0 saturated carbocycles. The van der Waals surface area contributed by atoms with E-state index in [4.69, 9.17) is 9.47 Å². The molecule has 0 saturated heterocycles. The van der Waals surface area contributed by atoms with Crippen molar-refractivity contribution in [2.45, 2.75) is 6.54 Å². The molecule has 0 amide bonds. The van der Waals surface area contributed by atoms with Crippen LogP contribution in [0.1, 0.15) is 5.56 Å². The predicted molar refractivity (Wildman–Crippen MR) is 77.7 cm³/mol. The molecular weight excluding hydrogens is 266 g/mol. The minimum Gasteiger partial charge on any atom is -0.493 e. The van der Waals surface area contributed by atoms with Gasteiger partial charge in [0.25, 0.3) is 0 Å². The summed E-state index contributed by atoms with van der Waals surface area (Å²) in [7, 11) is 5.11. The number of ether oxygens (including phenoxy) is 2. The van der Waals surface area contributed by atoms with Crippen molar-refractivity contribution in [2.24, 2.45) is 0 Å². The number of benzene rings is 1. The molecule has 0 unspecified atom stereocenters. The molecule has 0 atom stereocenters. The molecule has 6 heteroatoms. The first-order valence-corrected chi connectivity index (χ1v) is 5.69. The number of anilines is 1. The van der Waals surface area contributed by atoms with Gasteiger partial charge in [0.1, 0.15) is 5.82 Å². The zero-order chi connectivity index (χ0) is 13.0. The minimum absolute atomic E-state index is 0. The SMILES string of the molecule is CNc1ccn(Cc2ccc(OC)c(OC)c2)n1.Cl. The normalized spacial score (nSPS) is 9.63. The third-order valence-electron chi connectivity index (χ3n) is 2.69. The van der Waals surface area contributed by atoms with Gasteiger partial charge in [-0.05, 0) is 17.7 Å². The molecule has 1 heterocycles. The van der Waals surface area contributed by atoms with Crippen molar-refractivity contribution >= 4 is 18.2 Å². The number of hydrogen-bond acceptors (Lipinski definition) is 4. The second-order valence-corrected chi connectivity index (χ2v) is 3.84. The topological polar surface area (TPSA) is 48.3 Å². The van der Waals surface area contributed by atoms with Crippen LogP contribution in [0.5, 0.6) is 11.5 Å². The lowest BCUT2D eigenvalue weighted by atomic mass is 10.2. The second kappa shape index (κ2) is 6.89. The van der Waals surface area contributed by atoms with Crippen LogP contribution in [0, 0.1) is 0 Å². The Balaban J connectivity index is 0.00000180. The van der Waals surface area contributed by atoms with Crippen LogP contribution >= 0.6 is 12.4 Å². The number of nitrogens with one attached hydrogen (secondary N) is 1. The van der Waals surface area contributed by atoms with Crippen LogP contribution in [0.3, 0.4) is 0 Å². The second-order valence-electron chi connectivity index (χ2n) is 3.84. The molecule has 0 aliphatic rings. The molecule has 1 aromatic heterocycles. The van der Waals surface area contributed by atoms with Crippen molar-refractivity contribution < 1.29 is 9.47 Å². The van der Waals surface area contributed by atoms with Crippen LogP contribution in [0.2, 0.25) is 0 Å². The van der Waals surface area contributed by atoms with Gasteiger partial charge in [-0.15, -0.1) is 12.4 Å². The highest BCUT2D eigenvalue weighted by Gasteiger charge is 2.05. The van der Waals surface area contributed by atoms with Gasteiger partial charge in [0.15, 0.2) is 11.5 Å². The maximum Gasteiger partial charge on any atom is 0.161 e. The van der Waals surface area contributed by atoms with Crippen LogP contribution < -0.4 is 14.8 Å². The maximum absolute atomic E-state index is 5.27. The molecule has 1 N–H and O–H groups in total. The molecule has 0 spiro atoms. The van der Waals surface area contributed by atoms with Gasteiger partial charge in [-0.25, -0.2) is 0 Å². The van der Waals surface area contributed by atoms with Gasteiger partial charge >= 0.3 is 0 Å². The number of methoxy groups -OCH3 is 2. The first kappa shape index (κ1) is 15.2. The highest BCUT2D eigenvalue weighted by Crippen LogP contribution is 2.27. The first-order valence-electron chi connectivity index (χ1n) is 5.69. The molecule has 0 aliphatic carbocycles. The lowest BCUT2D eigenvalue weighted by Crippen LogP contribution is -2.02. The Morgan fingerprint density at radius 3 is 2.47 bits per heavy atom. The monoisotopic (exact) mass is 283 g/mol. The number of rotatable bonds is 5. The third-order valence-corrected chi connectivity index (χ3v) is 2.69. The summed E-state index contributed by atoms with van der Waals surface area (Å²) >= 11 is 0. The Labute approximate surface area is 118 Å². The fourth-order valence-electron chi connectivity index (χ4n) is 1.75. The highest BCUT2D eigenvalue weighted by atomic mass is 35.5. The lowest BCUT2D eigenvalue weighted by molar-refractivity contribution is 0.354. The Morgan fingerprint density at radius 1 is 1.16 bits per heavy atom. The van der Waals surface area contributed by atoms with Gasteiger partial charge in [-0.1, -0.05) is 6.07 Å². The molecule has 0 aliphatic heterocycles. The van der Waals surface area contributed by atoms with E-state index in [0.717, 1.165) is 22.9 Å². The van der Waals surface area contributed by atoms with Crippen molar-refractivity contribution in [2.75, 3.05) is 26.6 Å². The largest absolute Gasteiger partial charge is 0.493 e. The van der Waals surface area contributed by atoms with E-state index in [-0.39, 0.29) is 12.4 Å². The zero-order valence-electron chi connectivity index (χ0n) is 11.2. The van der Waals surface area contributed by atoms with Gasteiger partial charge in [0.05, 0.1) is 20.8 Å². The zero-order valence-corrected chi connectivity index (χ0v) is 12.0. The van der Waals surface area contributed by atoms with Crippen LogP contribution in [0.15, 0.2) is 30.5 Å². The standard InChI is InChI=1S/C13H17N3O2.ClH/c1-14-13-6-7-16(15-13)9-10-4-5-11(17-2)12(8-10)18-3;/h4-8H,9H2,1-3H3,(H,14,15);1H. The van der Waals surface area contributed by atoms with Crippen molar-refractivity contribution in [3.63, 3.8) is 0 Å². The van der Waals surface area contributed by atoms with Gasteiger partial charge in [0, 0.05) is 19.3 Å². The molecular formula is C13H18ClN3O2. The maximum atomic E-state index is 5.27. The van der Waals surface area contributed by atoms with Crippen molar-refractivity contribution in [3.05, 3.63) is 36.0 Å². The van der Waals surface area contributed by atoms with E-state index in [2.05, 4.69) is 10.4 Å². The van der Waals surface area contributed by atoms with Gasteiger partial charge < -0.3 is 14.8 Å². The Bertz CT molecular complexity index is 528. The molecule has 104 valence electrons. The van der Waals surface area contributed by atoms with E-state index in [1.807, 2.05) is 42.2 Å². The van der Waals surface area contributed by atoms with Crippen LogP contribution in [0.4, 0.5) is 5.82 Å². The predicted octanol–water partition coefficient (Wildman–Crippen LogP) is 2.41. The molecule has 2 rings (SSSR count). The number of halogens is 1. The Kier molecular flexibility index (Phi) is 5.51. The van der Waals surface area contributed by atoms with Gasteiger partial charge in [-0.2, -0.15) is 5.10 Å². The molecule has 0 radical (unpaired) electrons. The van der Waals surface area contributed by atoms with Gasteiger partial charge in [-0.3, -0.25) is 4.68 Å². The minimum atomic E-state index is 0. The summed E-state index contributed by atoms with van der Waals surface area (Å²) in [6, 6.07) is 7.79. The Hall–Kier alpha value is -1.88. The fraction of sp³-hybridized carbons (Fsp3) is 0.308. The summed E-state index contributed by atoms with van der Waals surface area (Å²) in [4.78, 5) is 0. The molecule has 2 aromatic rings. The van der Waals surface area contributed by atoms with Crippen LogP contribution in [0.25, 0.3) is 0 Å². The summed E-state index contributed by atoms with van der Waals surface area (Å²) in [5.74, 6) is 2.32. The van der Waals surface area contributed by atoms with Crippen molar-refractivity contribution in [3.8, 4) is 11.5 Å². The quantitative estimate of drug-likeness (QED) is 0.915. The Morgan fingerprint density at radius 2 is 1.89 bits per heavy atom. The summed E-state index contributed by atoms with van der Waals surface area (Å²) in [5, 5.41) is 7.35. The lowest BCUT2D eigenvalue weighted by Gasteiger charge is -2.09. The first-order chi connectivity index (χ1) is 8.76. The smallest absolute Gasteiger partial charge is 0.161 e. The van der Waals surface area contributed by atoms with E-state index in [0.29, 0.717) is 6.54 Å². The summed E-state index contributed by atoms with van der Waals surface area (Å²) in [5.41, 5.74) is 1.11. The summed E-state index contributed by atoms with van der Waals surface area (Å²) in [6.07, 6.45) is 1.93. The van der Waals surface area contributed by atoms with Gasteiger partial charge in [0.2, 0.25) is 0 Å².